The molecule has 1 aromatic carbocycles. The fraction of sp³-hybridized carbons (Fsp3) is 0.412. The average Bonchev–Trinajstić information content (AvgIpc) is 3.27. The molecule has 3 rings (SSSR count). The Labute approximate surface area is 146 Å². The Bertz CT molecular complexity index is 655. The normalized spacial score (nSPS) is 16.0. The van der Waals surface area contributed by atoms with Crippen LogP contribution in [-0.4, -0.2) is 40.8 Å². The molecule has 1 fully saturated rings. The van der Waals surface area contributed by atoms with Crippen molar-refractivity contribution < 1.29 is 4.79 Å². The first-order chi connectivity index (χ1) is 11.7. The minimum atomic E-state index is -0.184. The Morgan fingerprint density at radius 2 is 2.12 bits per heavy atom. The zero-order chi connectivity index (χ0) is 16.8. The van der Waals surface area contributed by atoms with Gasteiger partial charge >= 0.3 is 6.03 Å². The number of aromatic nitrogens is 2. The molecule has 7 heteroatoms. The summed E-state index contributed by atoms with van der Waals surface area (Å²) in [6, 6.07) is 9.67. The number of nitrogens with one attached hydrogen (secondary N) is 3. The molecule has 1 aliphatic heterocycles. The second-order valence-electron chi connectivity index (χ2n) is 5.96. The van der Waals surface area contributed by atoms with E-state index in [2.05, 4.69) is 31.8 Å². The number of urea groups is 1. The first-order valence-corrected chi connectivity index (χ1v) is 8.59. The third-order valence-electron chi connectivity index (χ3n) is 4.27. The molecule has 0 radical (unpaired) electrons. The molecule has 0 bridgehead atoms. The summed E-state index contributed by atoms with van der Waals surface area (Å²) < 4.78 is 0. The molecule has 3 N–H and O–H groups in total. The topological polar surface area (TPSA) is 73.0 Å². The lowest BCUT2D eigenvalue weighted by Crippen LogP contribution is -2.41. The summed E-state index contributed by atoms with van der Waals surface area (Å²) in [6.45, 7) is 3.08. The summed E-state index contributed by atoms with van der Waals surface area (Å²) >= 11 is 6.14. The number of halogens is 1. The Kier molecular flexibility index (Phi) is 5.72. The van der Waals surface area contributed by atoms with Crippen molar-refractivity contribution >= 4 is 17.6 Å². The molecule has 2 heterocycles. The molecule has 0 spiro atoms. The fourth-order valence-corrected chi connectivity index (χ4v) is 3.23. The van der Waals surface area contributed by atoms with Gasteiger partial charge in [-0.2, -0.15) is 5.10 Å². The molecule has 2 aromatic rings. The first kappa shape index (κ1) is 16.8. The van der Waals surface area contributed by atoms with Gasteiger partial charge in [0.05, 0.1) is 18.3 Å². The lowest BCUT2D eigenvalue weighted by atomic mass is 10.1. The van der Waals surface area contributed by atoms with E-state index in [-0.39, 0.29) is 12.1 Å². The van der Waals surface area contributed by atoms with Gasteiger partial charge < -0.3 is 10.6 Å². The van der Waals surface area contributed by atoms with Crippen LogP contribution < -0.4 is 10.6 Å². The van der Waals surface area contributed by atoms with Gasteiger partial charge in [-0.25, -0.2) is 4.79 Å². The highest BCUT2D eigenvalue weighted by Gasteiger charge is 2.24. The maximum absolute atomic E-state index is 12.1. The van der Waals surface area contributed by atoms with Gasteiger partial charge in [-0.05, 0) is 49.7 Å². The number of aromatic amines is 1. The van der Waals surface area contributed by atoms with Gasteiger partial charge in [-0.15, -0.1) is 0 Å². The Morgan fingerprint density at radius 3 is 2.83 bits per heavy atom. The molecule has 1 saturated heterocycles. The van der Waals surface area contributed by atoms with Crippen molar-refractivity contribution in [2.45, 2.75) is 25.4 Å². The van der Waals surface area contributed by atoms with Crippen LogP contribution in [0.4, 0.5) is 4.79 Å². The van der Waals surface area contributed by atoms with Gasteiger partial charge in [0.2, 0.25) is 0 Å². The van der Waals surface area contributed by atoms with Crippen molar-refractivity contribution in [2.24, 2.45) is 0 Å². The third kappa shape index (κ3) is 4.49. The SMILES string of the molecule is O=C(NCc1ccn[nH]1)NC[C@H](c1cccc(Cl)c1)N1CCCC1. The van der Waals surface area contributed by atoms with Gasteiger partial charge in [0.1, 0.15) is 0 Å². The van der Waals surface area contributed by atoms with E-state index < -0.39 is 0 Å². The summed E-state index contributed by atoms with van der Waals surface area (Å²) in [6.07, 6.45) is 4.06. The number of rotatable bonds is 6. The van der Waals surface area contributed by atoms with Crippen molar-refractivity contribution in [1.82, 2.24) is 25.7 Å². The van der Waals surface area contributed by atoms with Crippen LogP contribution in [0.5, 0.6) is 0 Å². The van der Waals surface area contributed by atoms with Crippen LogP contribution in [0.3, 0.4) is 0 Å². The number of hydrogen-bond acceptors (Lipinski definition) is 3. The lowest BCUT2D eigenvalue weighted by Gasteiger charge is -2.28. The van der Waals surface area contributed by atoms with E-state index in [0.717, 1.165) is 29.4 Å². The van der Waals surface area contributed by atoms with Crippen LogP contribution in [-0.2, 0) is 6.54 Å². The molecule has 0 aliphatic carbocycles. The largest absolute Gasteiger partial charge is 0.336 e. The van der Waals surface area contributed by atoms with Gasteiger partial charge in [0.25, 0.3) is 0 Å². The molecular weight excluding hydrogens is 326 g/mol. The van der Waals surface area contributed by atoms with Crippen molar-refractivity contribution in [1.29, 1.82) is 0 Å². The predicted octanol–water partition coefficient (Wildman–Crippen LogP) is 2.70. The minimum Gasteiger partial charge on any atom is -0.336 e. The van der Waals surface area contributed by atoms with Crippen LogP contribution >= 0.6 is 11.6 Å². The second kappa shape index (κ2) is 8.17. The van der Waals surface area contributed by atoms with E-state index in [0.29, 0.717) is 13.1 Å². The van der Waals surface area contributed by atoms with Crippen LogP contribution in [0.15, 0.2) is 36.5 Å². The number of carbonyl (C=O) groups excluding carboxylic acids is 1. The Balaban J connectivity index is 1.58. The van der Waals surface area contributed by atoms with Crippen LogP contribution in [0, 0.1) is 0 Å². The highest BCUT2D eigenvalue weighted by atomic mass is 35.5. The predicted molar refractivity (Wildman–Crippen MR) is 93.8 cm³/mol. The summed E-state index contributed by atoms with van der Waals surface area (Å²) in [7, 11) is 0. The number of likely N-dealkylation sites (tertiary alicyclic amines) is 1. The molecule has 0 saturated carbocycles. The molecular formula is C17H22ClN5O. The van der Waals surface area contributed by atoms with Crippen molar-refractivity contribution in [3.05, 3.63) is 52.8 Å². The standard InChI is InChI=1S/C17H22ClN5O/c18-14-5-3-4-13(10-14)16(23-8-1-2-9-23)12-20-17(24)19-11-15-6-7-21-22-15/h3-7,10,16H,1-2,8-9,11-12H2,(H,21,22)(H2,19,20,24)/t16-/m1/s1. The zero-order valence-corrected chi connectivity index (χ0v) is 14.2. The Morgan fingerprint density at radius 1 is 1.29 bits per heavy atom. The smallest absolute Gasteiger partial charge is 0.315 e. The minimum absolute atomic E-state index is 0.143. The Hall–Kier alpha value is -2.05. The lowest BCUT2D eigenvalue weighted by molar-refractivity contribution is 0.220. The molecule has 2 amide bonds. The maximum Gasteiger partial charge on any atom is 0.315 e. The van der Waals surface area contributed by atoms with Gasteiger partial charge in [-0.1, -0.05) is 23.7 Å². The van der Waals surface area contributed by atoms with Crippen molar-refractivity contribution in [2.75, 3.05) is 19.6 Å². The number of amides is 2. The highest BCUT2D eigenvalue weighted by molar-refractivity contribution is 6.30. The molecule has 1 aliphatic rings. The molecule has 1 aromatic heterocycles. The molecule has 0 unspecified atom stereocenters. The molecule has 1 atom stereocenters. The average molecular weight is 348 g/mol. The van der Waals surface area contributed by atoms with E-state index in [9.17, 15) is 4.79 Å². The molecule has 6 nitrogen and oxygen atoms in total. The summed E-state index contributed by atoms with van der Waals surface area (Å²) in [5.74, 6) is 0. The van der Waals surface area contributed by atoms with Gasteiger partial charge in [0.15, 0.2) is 0 Å². The van der Waals surface area contributed by atoms with E-state index in [1.807, 2.05) is 24.3 Å². The van der Waals surface area contributed by atoms with E-state index >= 15 is 0 Å². The van der Waals surface area contributed by atoms with Gasteiger partial charge in [-0.3, -0.25) is 10.00 Å². The third-order valence-corrected chi connectivity index (χ3v) is 4.50. The van der Waals surface area contributed by atoms with E-state index in [1.54, 1.807) is 6.20 Å². The quantitative estimate of drug-likeness (QED) is 0.752. The van der Waals surface area contributed by atoms with Crippen molar-refractivity contribution in [3.8, 4) is 0 Å². The molecule has 24 heavy (non-hydrogen) atoms. The summed E-state index contributed by atoms with van der Waals surface area (Å²) in [5, 5.41) is 13.2. The second-order valence-corrected chi connectivity index (χ2v) is 6.40. The van der Waals surface area contributed by atoms with Crippen LogP contribution in [0.25, 0.3) is 0 Å². The van der Waals surface area contributed by atoms with Crippen LogP contribution in [0.1, 0.15) is 30.1 Å². The fourth-order valence-electron chi connectivity index (χ4n) is 3.04. The monoisotopic (exact) mass is 347 g/mol. The summed E-state index contributed by atoms with van der Waals surface area (Å²) in [5.41, 5.74) is 2.01. The number of nitrogens with zero attached hydrogens (tertiary/aromatic N) is 2. The summed E-state index contributed by atoms with van der Waals surface area (Å²) in [4.78, 5) is 14.5. The number of benzene rings is 1. The highest BCUT2D eigenvalue weighted by Crippen LogP contribution is 2.26. The number of hydrogen-bond donors (Lipinski definition) is 3. The van der Waals surface area contributed by atoms with E-state index in [1.165, 1.54) is 12.8 Å². The number of H-pyrrole nitrogens is 1. The molecule has 128 valence electrons. The van der Waals surface area contributed by atoms with Crippen molar-refractivity contribution in [3.63, 3.8) is 0 Å². The van der Waals surface area contributed by atoms with Gasteiger partial charge in [0, 0.05) is 17.8 Å². The maximum atomic E-state index is 12.1. The zero-order valence-electron chi connectivity index (χ0n) is 13.5. The van der Waals surface area contributed by atoms with Crippen LogP contribution in [0.2, 0.25) is 5.02 Å². The number of carbonyl (C=O) groups is 1. The van der Waals surface area contributed by atoms with E-state index in [4.69, 9.17) is 11.6 Å². The first-order valence-electron chi connectivity index (χ1n) is 8.22.